The first kappa shape index (κ1) is 15.0. The van der Waals surface area contributed by atoms with Gasteiger partial charge >= 0.3 is 0 Å². The number of ether oxygens (including phenoxy) is 1. The van der Waals surface area contributed by atoms with Gasteiger partial charge in [-0.2, -0.15) is 0 Å². The summed E-state index contributed by atoms with van der Waals surface area (Å²) in [6, 6.07) is 3.78. The molecule has 0 fully saturated rings. The molecule has 102 valence electrons. The highest BCUT2D eigenvalue weighted by Gasteiger charge is 2.03. The number of aromatic nitrogens is 1. The minimum atomic E-state index is 0.0432. The van der Waals surface area contributed by atoms with E-state index in [1.165, 1.54) is 6.42 Å². The van der Waals surface area contributed by atoms with Crippen molar-refractivity contribution in [3.05, 3.63) is 23.4 Å². The van der Waals surface area contributed by atoms with Gasteiger partial charge in [-0.05, 0) is 36.8 Å². The zero-order chi connectivity index (χ0) is 13.4. The summed E-state index contributed by atoms with van der Waals surface area (Å²) in [7, 11) is 0. The number of aliphatic hydroxyl groups excluding tert-OH is 1. The van der Waals surface area contributed by atoms with Crippen molar-refractivity contribution < 1.29 is 9.84 Å². The van der Waals surface area contributed by atoms with Crippen LogP contribution in [0.4, 0.5) is 0 Å². The van der Waals surface area contributed by atoms with E-state index in [2.05, 4.69) is 25.8 Å². The number of pyridine rings is 1. The van der Waals surface area contributed by atoms with Crippen LogP contribution >= 0.6 is 0 Å². The molecule has 0 saturated heterocycles. The quantitative estimate of drug-likeness (QED) is 0.720. The molecule has 1 aromatic heterocycles. The fourth-order valence-corrected chi connectivity index (χ4v) is 1.84. The molecule has 18 heavy (non-hydrogen) atoms. The molecule has 0 saturated carbocycles. The van der Waals surface area contributed by atoms with Gasteiger partial charge in [0, 0.05) is 11.8 Å². The van der Waals surface area contributed by atoms with Gasteiger partial charge in [-0.15, -0.1) is 0 Å². The SMILES string of the molecule is CCCc1cc(CO)cc(OCCCC(C)C)n1. The van der Waals surface area contributed by atoms with Gasteiger partial charge < -0.3 is 9.84 Å². The van der Waals surface area contributed by atoms with Crippen molar-refractivity contribution in [1.29, 1.82) is 0 Å². The van der Waals surface area contributed by atoms with Crippen molar-refractivity contribution in [2.45, 2.75) is 53.1 Å². The molecule has 1 heterocycles. The van der Waals surface area contributed by atoms with Crippen LogP contribution in [-0.2, 0) is 13.0 Å². The van der Waals surface area contributed by atoms with Gasteiger partial charge in [0.15, 0.2) is 0 Å². The average molecular weight is 251 g/mol. The van der Waals surface area contributed by atoms with Crippen LogP contribution in [0.15, 0.2) is 12.1 Å². The van der Waals surface area contributed by atoms with Crippen LogP contribution in [-0.4, -0.2) is 16.7 Å². The Balaban J connectivity index is 2.55. The van der Waals surface area contributed by atoms with Crippen molar-refractivity contribution in [2.75, 3.05) is 6.61 Å². The van der Waals surface area contributed by atoms with E-state index >= 15 is 0 Å². The molecule has 3 nitrogen and oxygen atoms in total. The molecular formula is C15H25NO2. The van der Waals surface area contributed by atoms with E-state index in [1.807, 2.05) is 12.1 Å². The van der Waals surface area contributed by atoms with E-state index in [9.17, 15) is 5.11 Å². The normalized spacial score (nSPS) is 10.9. The summed E-state index contributed by atoms with van der Waals surface area (Å²) in [6.07, 6.45) is 4.19. The Bertz CT molecular complexity index is 350. The van der Waals surface area contributed by atoms with Crippen LogP contribution in [0.1, 0.15) is 51.3 Å². The van der Waals surface area contributed by atoms with E-state index in [1.54, 1.807) is 0 Å². The predicted octanol–water partition coefficient (Wildman–Crippen LogP) is 3.34. The number of aryl methyl sites for hydroxylation is 1. The van der Waals surface area contributed by atoms with Crippen molar-refractivity contribution in [3.63, 3.8) is 0 Å². The highest BCUT2D eigenvalue weighted by molar-refractivity contribution is 5.24. The smallest absolute Gasteiger partial charge is 0.213 e. The second-order valence-corrected chi connectivity index (χ2v) is 5.10. The number of hydrogen-bond acceptors (Lipinski definition) is 3. The van der Waals surface area contributed by atoms with Gasteiger partial charge in [0.05, 0.1) is 13.2 Å². The Morgan fingerprint density at radius 1 is 1.33 bits per heavy atom. The van der Waals surface area contributed by atoms with Crippen LogP contribution in [0.5, 0.6) is 5.88 Å². The minimum absolute atomic E-state index is 0.0432. The monoisotopic (exact) mass is 251 g/mol. The molecule has 0 aliphatic heterocycles. The number of nitrogens with zero attached hydrogens (tertiary/aromatic N) is 1. The molecule has 0 aliphatic rings. The van der Waals surface area contributed by atoms with Crippen LogP contribution in [0.3, 0.4) is 0 Å². The first-order chi connectivity index (χ1) is 8.65. The third-order valence-electron chi connectivity index (χ3n) is 2.78. The second kappa shape index (κ2) is 8.09. The number of hydrogen-bond donors (Lipinski definition) is 1. The molecule has 0 unspecified atom stereocenters. The summed E-state index contributed by atoms with van der Waals surface area (Å²) >= 11 is 0. The van der Waals surface area contributed by atoms with Gasteiger partial charge in [0.2, 0.25) is 5.88 Å². The Labute approximate surface area is 110 Å². The lowest BCUT2D eigenvalue weighted by Crippen LogP contribution is -2.03. The summed E-state index contributed by atoms with van der Waals surface area (Å²) in [5.74, 6) is 1.36. The molecule has 0 spiro atoms. The van der Waals surface area contributed by atoms with E-state index in [0.29, 0.717) is 18.4 Å². The Kier molecular flexibility index (Phi) is 6.73. The lowest BCUT2D eigenvalue weighted by atomic mass is 10.1. The summed E-state index contributed by atoms with van der Waals surface area (Å²) in [4.78, 5) is 4.45. The molecule has 0 atom stereocenters. The Hall–Kier alpha value is -1.09. The van der Waals surface area contributed by atoms with Gasteiger partial charge in [0.1, 0.15) is 0 Å². The van der Waals surface area contributed by atoms with Gasteiger partial charge in [-0.1, -0.05) is 27.2 Å². The van der Waals surface area contributed by atoms with Gasteiger partial charge in [0.25, 0.3) is 0 Å². The van der Waals surface area contributed by atoms with Crippen LogP contribution in [0.25, 0.3) is 0 Å². The minimum Gasteiger partial charge on any atom is -0.478 e. The maximum absolute atomic E-state index is 9.22. The summed E-state index contributed by atoms with van der Waals surface area (Å²) in [6.45, 7) is 7.29. The third-order valence-corrected chi connectivity index (χ3v) is 2.78. The Morgan fingerprint density at radius 2 is 2.11 bits per heavy atom. The van der Waals surface area contributed by atoms with Crippen molar-refractivity contribution in [3.8, 4) is 5.88 Å². The standard InChI is InChI=1S/C15H25NO2/c1-4-6-14-9-13(11-17)10-15(16-14)18-8-5-7-12(2)3/h9-10,12,17H,4-8,11H2,1-3H3. The predicted molar refractivity (Wildman–Crippen MR) is 73.7 cm³/mol. The zero-order valence-electron chi connectivity index (χ0n) is 11.8. The van der Waals surface area contributed by atoms with E-state index < -0.39 is 0 Å². The Morgan fingerprint density at radius 3 is 2.72 bits per heavy atom. The summed E-state index contributed by atoms with van der Waals surface area (Å²) in [5, 5.41) is 9.22. The van der Waals surface area contributed by atoms with E-state index in [4.69, 9.17) is 4.74 Å². The molecule has 3 heteroatoms. The fourth-order valence-electron chi connectivity index (χ4n) is 1.84. The first-order valence-corrected chi connectivity index (χ1v) is 6.89. The van der Waals surface area contributed by atoms with Gasteiger partial charge in [-0.25, -0.2) is 4.98 Å². The van der Waals surface area contributed by atoms with Crippen molar-refractivity contribution >= 4 is 0 Å². The average Bonchev–Trinajstić information content (AvgIpc) is 2.34. The topological polar surface area (TPSA) is 42.4 Å². The number of rotatable bonds is 8. The molecule has 1 N–H and O–H groups in total. The fraction of sp³-hybridized carbons (Fsp3) is 0.667. The number of aliphatic hydroxyl groups is 1. The van der Waals surface area contributed by atoms with Crippen LogP contribution in [0.2, 0.25) is 0 Å². The van der Waals surface area contributed by atoms with Gasteiger partial charge in [-0.3, -0.25) is 0 Å². The zero-order valence-corrected chi connectivity index (χ0v) is 11.8. The van der Waals surface area contributed by atoms with Crippen molar-refractivity contribution in [1.82, 2.24) is 4.98 Å². The molecule has 1 rings (SSSR count). The maximum Gasteiger partial charge on any atom is 0.213 e. The molecule has 0 amide bonds. The molecule has 0 radical (unpaired) electrons. The highest BCUT2D eigenvalue weighted by Crippen LogP contribution is 2.15. The summed E-state index contributed by atoms with van der Waals surface area (Å²) in [5.41, 5.74) is 1.88. The van der Waals surface area contributed by atoms with Crippen LogP contribution < -0.4 is 4.74 Å². The molecule has 0 aromatic carbocycles. The highest BCUT2D eigenvalue weighted by atomic mass is 16.5. The molecular weight excluding hydrogens is 226 g/mol. The van der Waals surface area contributed by atoms with Crippen LogP contribution in [0, 0.1) is 5.92 Å². The largest absolute Gasteiger partial charge is 0.478 e. The molecule has 1 aromatic rings. The first-order valence-electron chi connectivity index (χ1n) is 6.89. The van der Waals surface area contributed by atoms with E-state index in [-0.39, 0.29) is 6.61 Å². The van der Waals surface area contributed by atoms with E-state index in [0.717, 1.165) is 30.5 Å². The maximum atomic E-state index is 9.22. The lowest BCUT2D eigenvalue weighted by Gasteiger charge is -2.10. The molecule has 0 bridgehead atoms. The lowest BCUT2D eigenvalue weighted by molar-refractivity contribution is 0.272. The second-order valence-electron chi connectivity index (χ2n) is 5.10. The third kappa shape index (κ3) is 5.50. The van der Waals surface area contributed by atoms with Crippen molar-refractivity contribution in [2.24, 2.45) is 5.92 Å². The summed E-state index contributed by atoms with van der Waals surface area (Å²) < 4.78 is 5.66. The molecule has 0 aliphatic carbocycles.